The van der Waals surface area contributed by atoms with E-state index in [1.54, 1.807) is 0 Å². The van der Waals surface area contributed by atoms with Crippen molar-refractivity contribution in [3.8, 4) is 0 Å². The topological polar surface area (TPSA) is 44.4 Å². The first kappa shape index (κ1) is 22.6. The standard InChI is InChI=1S/C16H20F5N3O.ClH/c17-12-3-1-2-11(15(12)18)4-5-14(25)23-10-13(16(19,20)21)24-8-6-22-7-9-24;/h1-3,13,22H,4-10H2,(H,23,25);1H. The van der Waals surface area contributed by atoms with Crippen LogP contribution in [0.4, 0.5) is 22.0 Å². The Morgan fingerprint density at radius 1 is 1.23 bits per heavy atom. The molecule has 1 unspecified atom stereocenters. The zero-order chi connectivity index (χ0) is 18.4. The van der Waals surface area contributed by atoms with Gasteiger partial charge in [0.05, 0.1) is 0 Å². The fraction of sp³-hybridized carbons (Fsp3) is 0.562. The number of benzene rings is 1. The smallest absolute Gasteiger partial charge is 0.354 e. The molecule has 1 heterocycles. The normalized spacial score (nSPS) is 16.7. The number of amides is 1. The van der Waals surface area contributed by atoms with Gasteiger partial charge in [-0.1, -0.05) is 12.1 Å². The molecule has 148 valence electrons. The zero-order valence-corrected chi connectivity index (χ0v) is 14.7. The maximum Gasteiger partial charge on any atom is 0.405 e. The predicted octanol–water partition coefficient (Wildman–Crippen LogP) is 2.27. The van der Waals surface area contributed by atoms with Gasteiger partial charge in [-0.05, 0) is 18.1 Å². The zero-order valence-electron chi connectivity index (χ0n) is 13.9. The van der Waals surface area contributed by atoms with Crippen molar-refractivity contribution >= 4 is 18.3 Å². The molecule has 1 aromatic carbocycles. The van der Waals surface area contributed by atoms with Gasteiger partial charge >= 0.3 is 6.18 Å². The summed E-state index contributed by atoms with van der Waals surface area (Å²) in [6.07, 6.45) is -4.76. The average Bonchev–Trinajstić information content (AvgIpc) is 2.56. The lowest BCUT2D eigenvalue weighted by Crippen LogP contribution is -2.57. The van der Waals surface area contributed by atoms with E-state index in [2.05, 4.69) is 10.6 Å². The maximum absolute atomic E-state index is 13.5. The van der Waals surface area contributed by atoms with E-state index in [1.165, 1.54) is 17.0 Å². The molecule has 4 nitrogen and oxygen atoms in total. The van der Waals surface area contributed by atoms with E-state index in [1.807, 2.05) is 0 Å². The van der Waals surface area contributed by atoms with Crippen molar-refractivity contribution in [2.75, 3.05) is 32.7 Å². The number of nitrogens with zero attached hydrogens (tertiary/aromatic N) is 1. The first-order valence-corrected chi connectivity index (χ1v) is 8.00. The molecule has 0 radical (unpaired) electrons. The lowest BCUT2D eigenvalue weighted by Gasteiger charge is -2.35. The second-order valence-corrected chi connectivity index (χ2v) is 5.86. The number of hydrogen-bond acceptors (Lipinski definition) is 3. The van der Waals surface area contributed by atoms with Crippen LogP contribution in [0.5, 0.6) is 0 Å². The van der Waals surface area contributed by atoms with E-state index in [4.69, 9.17) is 0 Å². The van der Waals surface area contributed by atoms with Gasteiger partial charge in [0.15, 0.2) is 11.6 Å². The summed E-state index contributed by atoms with van der Waals surface area (Å²) in [5.74, 6) is -2.69. The van der Waals surface area contributed by atoms with Crippen LogP contribution in [0, 0.1) is 11.6 Å². The summed E-state index contributed by atoms with van der Waals surface area (Å²) in [6, 6.07) is 1.85. The van der Waals surface area contributed by atoms with Crippen molar-refractivity contribution in [1.82, 2.24) is 15.5 Å². The molecule has 0 spiro atoms. The van der Waals surface area contributed by atoms with E-state index in [0.29, 0.717) is 13.1 Å². The molecule has 1 aliphatic rings. The number of nitrogens with one attached hydrogen (secondary N) is 2. The molecule has 1 fully saturated rings. The maximum atomic E-state index is 13.5. The third kappa shape index (κ3) is 6.37. The lowest BCUT2D eigenvalue weighted by atomic mass is 10.1. The van der Waals surface area contributed by atoms with Gasteiger partial charge in [-0.2, -0.15) is 13.2 Å². The Labute approximate surface area is 154 Å². The predicted molar refractivity (Wildman–Crippen MR) is 89.2 cm³/mol. The molecule has 26 heavy (non-hydrogen) atoms. The molecule has 0 bridgehead atoms. The molecule has 1 aliphatic heterocycles. The first-order chi connectivity index (χ1) is 11.8. The largest absolute Gasteiger partial charge is 0.405 e. The first-order valence-electron chi connectivity index (χ1n) is 8.00. The summed E-state index contributed by atoms with van der Waals surface area (Å²) in [6.45, 7) is 0.843. The van der Waals surface area contributed by atoms with Crippen LogP contribution >= 0.6 is 12.4 Å². The second kappa shape index (κ2) is 10.0. The fourth-order valence-corrected chi connectivity index (χ4v) is 2.73. The van der Waals surface area contributed by atoms with Crippen molar-refractivity contribution in [2.45, 2.75) is 25.1 Å². The summed E-state index contributed by atoms with van der Waals surface area (Å²) in [5.41, 5.74) is 0.0182. The van der Waals surface area contributed by atoms with E-state index in [9.17, 15) is 26.7 Å². The lowest BCUT2D eigenvalue weighted by molar-refractivity contribution is -0.184. The highest BCUT2D eigenvalue weighted by Gasteiger charge is 2.43. The fourth-order valence-electron chi connectivity index (χ4n) is 2.73. The number of piperazine rings is 1. The number of alkyl halides is 3. The van der Waals surface area contributed by atoms with Crippen molar-refractivity contribution in [1.29, 1.82) is 0 Å². The molecule has 0 aliphatic carbocycles. The molecule has 1 atom stereocenters. The number of rotatable bonds is 6. The Balaban J connectivity index is 0.00000338. The van der Waals surface area contributed by atoms with Crippen LogP contribution < -0.4 is 10.6 Å². The van der Waals surface area contributed by atoms with Gasteiger partial charge in [-0.15, -0.1) is 12.4 Å². The highest BCUT2D eigenvalue weighted by molar-refractivity contribution is 5.85. The quantitative estimate of drug-likeness (QED) is 0.719. The molecule has 1 aromatic rings. The van der Waals surface area contributed by atoms with Gasteiger partial charge in [-0.3, -0.25) is 9.69 Å². The third-order valence-electron chi connectivity index (χ3n) is 4.12. The molecule has 0 aromatic heterocycles. The molecule has 2 N–H and O–H groups in total. The van der Waals surface area contributed by atoms with Crippen molar-refractivity contribution in [3.05, 3.63) is 35.4 Å². The highest BCUT2D eigenvalue weighted by atomic mass is 35.5. The number of hydrogen-bond donors (Lipinski definition) is 2. The van der Waals surface area contributed by atoms with Crippen LogP contribution in [0.15, 0.2) is 18.2 Å². The van der Waals surface area contributed by atoms with Gasteiger partial charge in [0.1, 0.15) is 6.04 Å². The Morgan fingerprint density at radius 3 is 2.50 bits per heavy atom. The minimum atomic E-state index is -4.46. The molecule has 1 saturated heterocycles. The summed E-state index contributed by atoms with van der Waals surface area (Å²) >= 11 is 0. The van der Waals surface area contributed by atoms with E-state index in [-0.39, 0.29) is 43.9 Å². The molecule has 10 heteroatoms. The monoisotopic (exact) mass is 401 g/mol. The summed E-state index contributed by atoms with van der Waals surface area (Å²) in [5, 5.41) is 5.23. The van der Waals surface area contributed by atoms with E-state index in [0.717, 1.165) is 6.07 Å². The molecule has 1 amide bonds. The number of halogens is 6. The second-order valence-electron chi connectivity index (χ2n) is 5.86. The van der Waals surface area contributed by atoms with E-state index < -0.39 is 36.3 Å². The van der Waals surface area contributed by atoms with Crippen LogP contribution in [0.25, 0.3) is 0 Å². The Kier molecular flexibility index (Phi) is 8.72. The van der Waals surface area contributed by atoms with Crippen molar-refractivity contribution in [3.63, 3.8) is 0 Å². The summed E-state index contributed by atoms with van der Waals surface area (Å²) in [4.78, 5) is 13.1. The SMILES string of the molecule is Cl.O=C(CCc1cccc(F)c1F)NCC(N1CCNCC1)C(F)(F)F. The summed E-state index contributed by atoms with van der Waals surface area (Å²) in [7, 11) is 0. The number of aryl methyl sites for hydroxylation is 1. The minimum absolute atomic E-state index is 0. The molecular formula is C16H21ClF5N3O. The molecule has 2 rings (SSSR count). The molecular weight excluding hydrogens is 381 g/mol. The van der Waals surface area contributed by atoms with Crippen LogP contribution in [0.1, 0.15) is 12.0 Å². The van der Waals surface area contributed by atoms with Crippen LogP contribution in [-0.2, 0) is 11.2 Å². The van der Waals surface area contributed by atoms with Crippen LogP contribution in [-0.4, -0.2) is 55.7 Å². The summed E-state index contributed by atoms with van der Waals surface area (Å²) < 4.78 is 66.2. The third-order valence-corrected chi connectivity index (χ3v) is 4.12. The van der Waals surface area contributed by atoms with Gasteiger partial charge in [-0.25, -0.2) is 8.78 Å². The van der Waals surface area contributed by atoms with Crippen LogP contribution in [0.3, 0.4) is 0 Å². The number of carbonyl (C=O) groups is 1. The van der Waals surface area contributed by atoms with Gasteiger partial charge in [0, 0.05) is 39.1 Å². The van der Waals surface area contributed by atoms with E-state index >= 15 is 0 Å². The average molecular weight is 402 g/mol. The molecule has 0 saturated carbocycles. The van der Waals surface area contributed by atoms with Crippen LogP contribution in [0.2, 0.25) is 0 Å². The van der Waals surface area contributed by atoms with Gasteiger partial charge < -0.3 is 10.6 Å². The minimum Gasteiger partial charge on any atom is -0.354 e. The Morgan fingerprint density at radius 2 is 1.88 bits per heavy atom. The number of carbonyl (C=O) groups excluding carboxylic acids is 1. The van der Waals surface area contributed by atoms with Crippen molar-refractivity contribution < 1.29 is 26.7 Å². The van der Waals surface area contributed by atoms with Gasteiger partial charge in [0.2, 0.25) is 5.91 Å². The van der Waals surface area contributed by atoms with Gasteiger partial charge in [0.25, 0.3) is 0 Å². The Bertz CT molecular complexity index is 594. The highest BCUT2D eigenvalue weighted by Crippen LogP contribution is 2.24. The van der Waals surface area contributed by atoms with Crippen molar-refractivity contribution in [2.24, 2.45) is 0 Å². The Hall–Kier alpha value is -1.45.